The van der Waals surface area contributed by atoms with Gasteiger partial charge in [0.1, 0.15) is 16.4 Å². The van der Waals surface area contributed by atoms with Gasteiger partial charge >= 0.3 is 0 Å². The highest BCUT2D eigenvalue weighted by atomic mass is 32.2. The largest absolute Gasteiger partial charge is 0.456 e. The molecule has 9 heteroatoms. The summed E-state index contributed by atoms with van der Waals surface area (Å²) in [5.41, 5.74) is 0.301. The fraction of sp³-hybridized carbons (Fsp3) is 0.143. The van der Waals surface area contributed by atoms with E-state index in [1.807, 2.05) is 10.1 Å². The van der Waals surface area contributed by atoms with Gasteiger partial charge in [0.2, 0.25) is 5.91 Å². The fourth-order valence-electron chi connectivity index (χ4n) is 2.66. The van der Waals surface area contributed by atoms with Crippen molar-refractivity contribution in [2.75, 3.05) is 5.32 Å². The quantitative estimate of drug-likeness (QED) is 0.536. The summed E-state index contributed by atoms with van der Waals surface area (Å²) in [6, 6.07) is 14.3. The number of sulfonamides is 1. The Hall–Kier alpha value is -3.17. The Morgan fingerprint density at radius 3 is 2.50 bits per heavy atom. The number of nitrogens with one attached hydrogen (secondary N) is 2. The van der Waals surface area contributed by atoms with Gasteiger partial charge in [0, 0.05) is 11.8 Å². The molecule has 0 spiro atoms. The second kappa shape index (κ2) is 9.55. The Bertz CT molecular complexity index is 1140. The van der Waals surface area contributed by atoms with Crippen molar-refractivity contribution in [1.29, 1.82) is 0 Å². The van der Waals surface area contributed by atoms with Crippen LogP contribution >= 0.6 is 11.3 Å². The van der Waals surface area contributed by atoms with Crippen molar-refractivity contribution in [3.63, 3.8) is 0 Å². The molecule has 7 nitrogen and oxygen atoms in total. The summed E-state index contributed by atoms with van der Waals surface area (Å²) in [6.07, 6.45) is 0.599. The Labute approximate surface area is 178 Å². The number of para-hydroxylation sites is 2. The highest BCUT2D eigenvalue weighted by Crippen LogP contribution is 2.28. The predicted molar refractivity (Wildman–Crippen MR) is 115 cm³/mol. The molecule has 0 saturated carbocycles. The summed E-state index contributed by atoms with van der Waals surface area (Å²) in [7, 11) is -4.14. The van der Waals surface area contributed by atoms with E-state index in [1.165, 1.54) is 29.5 Å². The van der Waals surface area contributed by atoms with Crippen LogP contribution in [0.4, 0.5) is 5.69 Å². The van der Waals surface area contributed by atoms with Gasteiger partial charge in [-0.1, -0.05) is 31.2 Å². The van der Waals surface area contributed by atoms with Crippen molar-refractivity contribution in [3.05, 3.63) is 70.9 Å². The average molecular weight is 445 g/mol. The van der Waals surface area contributed by atoms with Crippen LogP contribution in [0.2, 0.25) is 0 Å². The van der Waals surface area contributed by atoms with Gasteiger partial charge in [-0.2, -0.15) is 0 Å². The van der Waals surface area contributed by atoms with Crippen LogP contribution in [0, 0.1) is 0 Å². The molecule has 0 radical (unpaired) electrons. The van der Waals surface area contributed by atoms with Crippen molar-refractivity contribution >= 4 is 38.9 Å². The number of carbonyl (C=O) groups excluding carboxylic acids is 2. The Balaban J connectivity index is 1.86. The molecule has 0 aliphatic rings. The van der Waals surface area contributed by atoms with E-state index in [-0.39, 0.29) is 22.6 Å². The molecular formula is C21H20N2O5S2. The van der Waals surface area contributed by atoms with Crippen molar-refractivity contribution in [3.8, 4) is 11.5 Å². The molecule has 1 aromatic heterocycles. The summed E-state index contributed by atoms with van der Waals surface area (Å²) < 4.78 is 33.0. The van der Waals surface area contributed by atoms with E-state index in [0.717, 1.165) is 0 Å². The molecule has 0 saturated heterocycles. The van der Waals surface area contributed by atoms with Gasteiger partial charge < -0.3 is 10.1 Å². The average Bonchev–Trinajstić information content (AvgIpc) is 3.21. The van der Waals surface area contributed by atoms with E-state index < -0.39 is 21.8 Å². The molecule has 0 aliphatic heterocycles. The first-order chi connectivity index (χ1) is 14.4. The van der Waals surface area contributed by atoms with E-state index >= 15 is 0 Å². The van der Waals surface area contributed by atoms with E-state index in [2.05, 4.69) is 5.32 Å². The summed E-state index contributed by atoms with van der Waals surface area (Å²) >= 11 is 1.46. The molecule has 2 amide bonds. The van der Waals surface area contributed by atoms with Crippen molar-refractivity contribution in [2.45, 2.75) is 24.7 Å². The van der Waals surface area contributed by atoms with Crippen LogP contribution in [0.5, 0.6) is 11.5 Å². The SMILES string of the molecule is CCCC(=O)NS(=O)(=O)c1ccccc1NC(=O)c1ccccc1Oc1ccsc1. The van der Waals surface area contributed by atoms with Crippen molar-refractivity contribution in [2.24, 2.45) is 0 Å². The lowest BCUT2D eigenvalue weighted by Crippen LogP contribution is -2.31. The molecule has 156 valence electrons. The van der Waals surface area contributed by atoms with Crippen LogP contribution in [0.25, 0.3) is 0 Å². The molecule has 0 unspecified atom stereocenters. The third-order valence-corrected chi connectivity index (χ3v) is 6.10. The van der Waals surface area contributed by atoms with Gasteiger partial charge in [-0.15, -0.1) is 11.3 Å². The van der Waals surface area contributed by atoms with Gasteiger partial charge in [-0.05, 0) is 42.1 Å². The molecule has 0 bridgehead atoms. The van der Waals surface area contributed by atoms with Gasteiger partial charge in [0.25, 0.3) is 15.9 Å². The first-order valence-electron chi connectivity index (χ1n) is 9.16. The lowest BCUT2D eigenvalue weighted by Gasteiger charge is -2.14. The smallest absolute Gasteiger partial charge is 0.266 e. The predicted octanol–water partition coefficient (Wildman–Crippen LogP) is 4.40. The zero-order chi connectivity index (χ0) is 21.6. The number of ether oxygens (including phenoxy) is 1. The molecule has 0 atom stereocenters. The normalized spacial score (nSPS) is 11.0. The Morgan fingerprint density at radius 1 is 1.03 bits per heavy atom. The molecule has 3 aromatic rings. The van der Waals surface area contributed by atoms with E-state index in [9.17, 15) is 18.0 Å². The topological polar surface area (TPSA) is 102 Å². The number of carbonyl (C=O) groups is 2. The highest BCUT2D eigenvalue weighted by molar-refractivity contribution is 7.90. The minimum absolute atomic E-state index is 0.0598. The molecule has 0 aliphatic carbocycles. The van der Waals surface area contributed by atoms with Gasteiger partial charge in [-0.25, -0.2) is 13.1 Å². The van der Waals surface area contributed by atoms with Crippen LogP contribution < -0.4 is 14.8 Å². The standard InChI is InChI=1S/C21H20N2O5S2/c1-2-7-20(24)23-30(26,27)19-11-6-4-9-17(19)22-21(25)16-8-3-5-10-18(16)28-15-12-13-29-14-15/h3-6,8-14H,2,7H2,1H3,(H,22,25)(H,23,24). The van der Waals surface area contributed by atoms with Crippen molar-refractivity contribution < 1.29 is 22.7 Å². The zero-order valence-corrected chi connectivity index (χ0v) is 17.8. The first-order valence-corrected chi connectivity index (χ1v) is 11.6. The minimum atomic E-state index is -4.14. The highest BCUT2D eigenvalue weighted by Gasteiger charge is 2.22. The number of rotatable bonds is 8. The summed E-state index contributed by atoms with van der Waals surface area (Å²) in [4.78, 5) is 24.5. The Kier molecular flexibility index (Phi) is 6.86. The lowest BCUT2D eigenvalue weighted by atomic mass is 10.2. The first kappa shape index (κ1) is 21.5. The maximum Gasteiger partial charge on any atom is 0.266 e. The molecule has 2 aromatic carbocycles. The maximum atomic E-state index is 12.9. The van der Waals surface area contributed by atoms with Crippen LogP contribution in [-0.2, 0) is 14.8 Å². The molecule has 3 rings (SSSR count). The van der Waals surface area contributed by atoms with Gasteiger partial charge in [-0.3, -0.25) is 9.59 Å². The van der Waals surface area contributed by atoms with E-state index in [4.69, 9.17) is 4.74 Å². The summed E-state index contributed by atoms with van der Waals surface area (Å²) in [5, 5.41) is 6.27. The monoisotopic (exact) mass is 444 g/mol. The summed E-state index contributed by atoms with van der Waals surface area (Å²) in [5.74, 6) is -0.205. The van der Waals surface area contributed by atoms with Crippen molar-refractivity contribution in [1.82, 2.24) is 4.72 Å². The second-order valence-corrected chi connectivity index (χ2v) is 8.72. The minimum Gasteiger partial charge on any atom is -0.456 e. The van der Waals surface area contributed by atoms with Crippen LogP contribution in [0.1, 0.15) is 30.1 Å². The van der Waals surface area contributed by atoms with Crippen LogP contribution in [0.15, 0.2) is 70.3 Å². The third kappa shape index (κ3) is 5.25. The Morgan fingerprint density at radius 2 is 1.77 bits per heavy atom. The van der Waals surface area contributed by atoms with E-state index in [0.29, 0.717) is 17.9 Å². The number of benzene rings is 2. The number of amides is 2. The lowest BCUT2D eigenvalue weighted by molar-refractivity contribution is -0.119. The van der Waals surface area contributed by atoms with Crippen LogP contribution in [-0.4, -0.2) is 20.2 Å². The number of hydrogen-bond acceptors (Lipinski definition) is 6. The molecule has 0 fully saturated rings. The molecule has 1 heterocycles. The third-order valence-electron chi connectivity index (χ3n) is 4.00. The maximum absolute atomic E-state index is 12.9. The van der Waals surface area contributed by atoms with Gasteiger partial charge in [0.05, 0.1) is 11.3 Å². The number of anilines is 1. The fourth-order valence-corrected chi connectivity index (χ4v) is 4.39. The van der Waals surface area contributed by atoms with E-state index in [1.54, 1.807) is 48.7 Å². The zero-order valence-electron chi connectivity index (χ0n) is 16.1. The molecule has 30 heavy (non-hydrogen) atoms. The van der Waals surface area contributed by atoms with Crippen LogP contribution in [0.3, 0.4) is 0 Å². The number of hydrogen-bond donors (Lipinski definition) is 2. The van der Waals surface area contributed by atoms with Gasteiger partial charge in [0.15, 0.2) is 0 Å². The number of thiophene rings is 1. The summed E-state index contributed by atoms with van der Waals surface area (Å²) in [6.45, 7) is 1.77. The second-order valence-electron chi connectivity index (χ2n) is 6.29. The molecule has 2 N–H and O–H groups in total. The molecular weight excluding hydrogens is 424 g/mol.